The first-order valence-corrected chi connectivity index (χ1v) is 9.95. The van der Waals surface area contributed by atoms with Crippen molar-refractivity contribution in [1.82, 2.24) is 30.4 Å². The number of nitrogens with zero attached hydrogens (tertiary/aromatic N) is 6. The summed E-state index contributed by atoms with van der Waals surface area (Å²) in [6.45, 7) is 4.14. The van der Waals surface area contributed by atoms with Gasteiger partial charge in [0.15, 0.2) is 0 Å². The molecule has 0 unspecified atom stereocenters. The van der Waals surface area contributed by atoms with Gasteiger partial charge in [0, 0.05) is 10.0 Å². The lowest BCUT2D eigenvalue weighted by molar-refractivity contribution is 0.528. The van der Waals surface area contributed by atoms with Crippen molar-refractivity contribution in [1.29, 1.82) is 0 Å². The van der Waals surface area contributed by atoms with Crippen LogP contribution in [0.5, 0.6) is 0 Å². The number of rotatable bonds is 5. The molecule has 0 aliphatic heterocycles. The summed E-state index contributed by atoms with van der Waals surface area (Å²) in [5.41, 5.74) is 4.22. The number of hydrogen-bond donors (Lipinski definition) is 0. The van der Waals surface area contributed by atoms with Gasteiger partial charge in [-0.15, -0.1) is 15.3 Å². The van der Waals surface area contributed by atoms with Crippen LogP contribution in [0.1, 0.15) is 17.0 Å². The minimum atomic E-state index is 0.481. The highest BCUT2D eigenvalue weighted by atomic mass is 79.9. The topological polar surface area (TPSA) is 82.5 Å². The molecule has 2 aromatic heterocycles. The molecule has 0 radical (unpaired) electrons. The van der Waals surface area contributed by atoms with Gasteiger partial charge in [-0.2, -0.15) is 4.68 Å². The van der Waals surface area contributed by atoms with E-state index in [9.17, 15) is 0 Å². The van der Waals surface area contributed by atoms with E-state index in [-0.39, 0.29) is 0 Å². The normalized spacial score (nSPS) is 11.1. The predicted octanol–water partition coefficient (Wildman–Crippen LogP) is 4.38. The van der Waals surface area contributed by atoms with E-state index in [2.05, 4.69) is 67.6 Å². The smallest absolute Gasteiger partial charge is 0.247 e. The molecule has 9 heteroatoms. The quantitative estimate of drug-likeness (QED) is 0.423. The first kappa shape index (κ1) is 17.9. The van der Waals surface area contributed by atoms with Crippen molar-refractivity contribution in [3.05, 3.63) is 64.0 Å². The number of thioether (sulfide) groups is 1. The van der Waals surface area contributed by atoms with E-state index in [0.717, 1.165) is 15.7 Å². The van der Waals surface area contributed by atoms with E-state index < -0.39 is 0 Å². The van der Waals surface area contributed by atoms with Crippen LogP contribution in [0.2, 0.25) is 0 Å². The van der Waals surface area contributed by atoms with Crippen LogP contribution in [0.3, 0.4) is 0 Å². The van der Waals surface area contributed by atoms with Crippen LogP contribution in [0, 0.1) is 13.8 Å². The summed E-state index contributed by atoms with van der Waals surface area (Å²) in [5, 5.41) is 20.9. The van der Waals surface area contributed by atoms with E-state index in [0.29, 0.717) is 22.7 Å². The Kier molecular flexibility index (Phi) is 5.04. The summed E-state index contributed by atoms with van der Waals surface area (Å²) in [7, 11) is 0. The fourth-order valence-corrected chi connectivity index (χ4v) is 3.43. The monoisotopic (exact) mass is 442 g/mol. The Bertz CT molecular complexity index is 1080. The Balaban J connectivity index is 1.49. The fraction of sp³-hybridized carbons (Fsp3) is 0.167. The Labute approximate surface area is 168 Å². The zero-order valence-electron chi connectivity index (χ0n) is 14.6. The first-order valence-electron chi connectivity index (χ1n) is 8.17. The maximum atomic E-state index is 5.75. The lowest BCUT2D eigenvalue weighted by Gasteiger charge is -2.06. The van der Waals surface area contributed by atoms with Gasteiger partial charge < -0.3 is 4.42 Å². The van der Waals surface area contributed by atoms with Crippen molar-refractivity contribution in [2.75, 3.05) is 0 Å². The molecule has 0 aliphatic rings. The average molecular weight is 443 g/mol. The van der Waals surface area contributed by atoms with Crippen molar-refractivity contribution in [3.8, 4) is 17.1 Å². The van der Waals surface area contributed by atoms with Crippen molar-refractivity contribution in [2.45, 2.75) is 24.8 Å². The molecule has 0 N–H and O–H groups in total. The standard InChI is InChI=1S/C18H15BrN6OS/c1-11-3-8-15(9-12(11)2)25-18(22-23-24-25)27-10-16-20-21-17(26-16)13-4-6-14(19)7-5-13/h3-9H,10H2,1-2H3. The molecule has 136 valence electrons. The van der Waals surface area contributed by atoms with Gasteiger partial charge in [0.05, 0.1) is 11.4 Å². The molecule has 4 aromatic rings. The van der Waals surface area contributed by atoms with Crippen LogP contribution in [-0.4, -0.2) is 30.4 Å². The number of hydrogen-bond acceptors (Lipinski definition) is 7. The lowest BCUT2D eigenvalue weighted by Crippen LogP contribution is -2.00. The van der Waals surface area contributed by atoms with Crippen molar-refractivity contribution in [3.63, 3.8) is 0 Å². The SMILES string of the molecule is Cc1ccc(-n2nnnc2SCc2nnc(-c3ccc(Br)cc3)o2)cc1C. The lowest BCUT2D eigenvalue weighted by atomic mass is 10.1. The van der Waals surface area contributed by atoms with Gasteiger partial charge >= 0.3 is 0 Å². The predicted molar refractivity (Wildman–Crippen MR) is 106 cm³/mol. The van der Waals surface area contributed by atoms with Crippen molar-refractivity contribution in [2.24, 2.45) is 0 Å². The van der Waals surface area contributed by atoms with Gasteiger partial charge in [0.2, 0.25) is 16.9 Å². The number of tetrazole rings is 1. The second-order valence-corrected chi connectivity index (χ2v) is 7.80. The summed E-state index contributed by atoms with van der Waals surface area (Å²) in [6.07, 6.45) is 0. The molecule has 0 bridgehead atoms. The van der Waals surface area contributed by atoms with Gasteiger partial charge in [0.25, 0.3) is 0 Å². The highest BCUT2D eigenvalue weighted by Crippen LogP contribution is 2.25. The molecular formula is C18H15BrN6OS. The second-order valence-electron chi connectivity index (χ2n) is 5.94. The molecule has 2 aromatic carbocycles. The zero-order valence-corrected chi connectivity index (χ0v) is 17.0. The Morgan fingerprint density at radius 2 is 1.81 bits per heavy atom. The van der Waals surface area contributed by atoms with Gasteiger partial charge in [0.1, 0.15) is 0 Å². The number of aromatic nitrogens is 6. The highest BCUT2D eigenvalue weighted by Gasteiger charge is 2.13. The third-order valence-electron chi connectivity index (χ3n) is 4.06. The molecule has 0 saturated heterocycles. The van der Waals surface area contributed by atoms with Crippen LogP contribution < -0.4 is 0 Å². The molecule has 0 saturated carbocycles. The van der Waals surface area contributed by atoms with Crippen molar-refractivity contribution < 1.29 is 4.42 Å². The van der Waals surface area contributed by atoms with Gasteiger partial charge in [-0.05, 0) is 71.8 Å². The Hall–Kier alpha value is -2.52. The molecular weight excluding hydrogens is 428 g/mol. The molecule has 0 spiro atoms. The van der Waals surface area contributed by atoms with E-state index in [1.54, 1.807) is 4.68 Å². The number of benzene rings is 2. The minimum absolute atomic E-state index is 0.481. The van der Waals surface area contributed by atoms with Crippen LogP contribution in [-0.2, 0) is 5.75 Å². The first-order chi connectivity index (χ1) is 13.1. The zero-order chi connectivity index (χ0) is 18.8. The van der Waals surface area contributed by atoms with Crippen molar-refractivity contribution >= 4 is 27.7 Å². The summed E-state index contributed by atoms with van der Waals surface area (Å²) < 4.78 is 8.46. The summed E-state index contributed by atoms with van der Waals surface area (Å²) in [4.78, 5) is 0. The minimum Gasteiger partial charge on any atom is -0.420 e. The molecule has 0 aliphatic carbocycles. The molecule has 27 heavy (non-hydrogen) atoms. The fourth-order valence-electron chi connectivity index (χ4n) is 2.44. The average Bonchev–Trinajstić information content (AvgIpc) is 3.32. The van der Waals surface area contributed by atoms with Gasteiger partial charge in [-0.1, -0.05) is 33.8 Å². The molecule has 4 rings (SSSR count). The maximum Gasteiger partial charge on any atom is 0.247 e. The summed E-state index contributed by atoms with van der Waals surface area (Å²) >= 11 is 4.86. The summed E-state index contributed by atoms with van der Waals surface area (Å²) in [5.74, 6) is 1.49. The van der Waals surface area contributed by atoms with E-state index in [4.69, 9.17) is 4.42 Å². The van der Waals surface area contributed by atoms with Gasteiger partial charge in [-0.25, -0.2) is 0 Å². The third-order valence-corrected chi connectivity index (χ3v) is 5.49. The molecule has 0 atom stereocenters. The van der Waals surface area contributed by atoms with Crippen LogP contribution in [0.15, 0.2) is 56.5 Å². The van der Waals surface area contributed by atoms with Crippen LogP contribution >= 0.6 is 27.7 Å². The molecule has 2 heterocycles. The van der Waals surface area contributed by atoms with Crippen LogP contribution in [0.25, 0.3) is 17.1 Å². The van der Waals surface area contributed by atoms with E-state index >= 15 is 0 Å². The third kappa shape index (κ3) is 3.93. The number of halogens is 1. The largest absolute Gasteiger partial charge is 0.420 e. The second kappa shape index (κ2) is 7.61. The molecule has 7 nitrogen and oxygen atoms in total. The highest BCUT2D eigenvalue weighted by molar-refractivity contribution is 9.10. The number of aryl methyl sites for hydroxylation is 2. The van der Waals surface area contributed by atoms with E-state index in [1.807, 2.05) is 30.3 Å². The van der Waals surface area contributed by atoms with Gasteiger partial charge in [-0.3, -0.25) is 0 Å². The molecule has 0 amide bonds. The molecule has 0 fully saturated rings. The Morgan fingerprint density at radius 1 is 1.00 bits per heavy atom. The van der Waals surface area contributed by atoms with E-state index in [1.165, 1.54) is 22.9 Å². The van der Waals surface area contributed by atoms with Crippen LogP contribution in [0.4, 0.5) is 0 Å². The maximum absolute atomic E-state index is 5.75. The summed E-state index contributed by atoms with van der Waals surface area (Å²) in [6, 6.07) is 13.8. The Morgan fingerprint density at radius 3 is 2.59 bits per heavy atom.